The van der Waals surface area contributed by atoms with Gasteiger partial charge in [-0.1, -0.05) is 35.9 Å². The third-order valence-corrected chi connectivity index (χ3v) is 5.05. The molecule has 1 aromatic heterocycles. The average Bonchev–Trinajstić information content (AvgIpc) is 3.25. The van der Waals surface area contributed by atoms with Crippen molar-refractivity contribution in [2.75, 3.05) is 13.7 Å². The summed E-state index contributed by atoms with van der Waals surface area (Å²) in [4.78, 5) is 4.09. The van der Waals surface area contributed by atoms with E-state index in [0.29, 0.717) is 12.5 Å². The van der Waals surface area contributed by atoms with Crippen LogP contribution in [-0.4, -0.2) is 40.5 Å². The molecule has 1 unspecified atom stereocenters. The first kappa shape index (κ1) is 18.8. The first-order valence-electron chi connectivity index (χ1n) is 9.27. The maximum absolute atomic E-state index is 10.4. The summed E-state index contributed by atoms with van der Waals surface area (Å²) >= 11 is 0. The predicted molar refractivity (Wildman–Crippen MR) is 104 cm³/mol. The van der Waals surface area contributed by atoms with Gasteiger partial charge in [0, 0.05) is 38.6 Å². The van der Waals surface area contributed by atoms with Gasteiger partial charge in [0.2, 0.25) is 0 Å². The zero-order valence-electron chi connectivity index (χ0n) is 15.6. The van der Waals surface area contributed by atoms with Gasteiger partial charge in [0.25, 0.3) is 0 Å². The van der Waals surface area contributed by atoms with Crippen LogP contribution in [0.3, 0.4) is 0 Å². The molecule has 2 N–H and O–H groups in total. The highest BCUT2D eigenvalue weighted by molar-refractivity contribution is 5.56. The number of aromatic nitrogens is 2. The van der Waals surface area contributed by atoms with Crippen LogP contribution in [0.4, 0.5) is 0 Å². The highest BCUT2D eigenvalue weighted by Gasteiger charge is 2.32. The monoisotopic (exact) mass is 355 g/mol. The Hall–Kier alpha value is -1.95. The molecule has 1 saturated carbocycles. The van der Waals surface area contributed by atoms with Gasteiger partial charge in [-0.25, -0.2) is 4.98 Å². The molecule has 0 aliphatic heterocycles. The summed E-state index contributed by atoms with van der Waals surface area (Å²) in [6.45, 7) is 4.45. The number of benzene rings is 1. The lowest BCUT2D eigenvalue weighted by atomic mass is 10.1. The Labute approximate surface area is 155 Å². The van der Waals surface area contributed by atoms with E-state index >= 15 is 0 Å². The maximum Gasteiger partial charge on any atom is 0.0945 e. The molecule has 0 saturated heterocycles. The van der Waals surface area contributed by atoms with Crippen molar-refractivity contribution in [3.05, 3.63) is 59.7 Å². The van der Waals surface area contributed by atoms with E-state index in [1.807, 2.05) is 24.7 Å². The second-order valence-electron chi connectivity index (χ2n) is 7.27. The van der Waals surface area contributed by atoms with Crippen LogP contribution in [0.1, 0.15) is 30.9 Å². The number of rotatable bonds is 8. The molecule has 3 atom stereocenters. The second kappa shape index (κ2) is 9.12. The fraction of sp³-hybridized carbons (Fsp3) is 0.476. The summed E-state index contributed by atoms with van der Waals surface area (Å²) in [5, 5.41) is 13.9. The number of aliphatic hydroxyl groups excluding tert-OH is 1. The molecule has 26 heavy (non-hydrogen) atoms. The minimum atomic E-state index is -0.280. The lowest BCUT2D eigenvalue weighted by molar-refractivity contribution is 0.147. The molecule has 1 aromatic carbocycles. The lowest BCUT2D eigenvalue weighted by Gasteiger charge is -2.17. The van der Waals surface area contributed by atoms with Crippen LogP contribution >= 0.6 is 0 Å². The number of hydrogen-bond donors (Lipinski definition) is 2. The van der Waals surface area contributed by atoms with Crippen molar-refractivity contribution in [2.24, 2.45) is 5.92 Å². The molecule has 0 radical (unpaired) electrons. The summed E-state index contributed by atoms with van der Waals surface area (Å²) in [7, 11) is 1.72. The zero-order chi connectivity index (χ0) is 18.4. The van der Waals surface area contributed by atoms with E-state index in [4.69, 9.17) is 4.74 Å². The van der Waals surface area contributed by atoms with Gasteiger partial charge in [-0.2, -0.15) is 0 Å². The molecular formula is C21H29N3O2. The van der Waals surface area contributed by atoms with Gasteiger partial charge >= 0.3 is 0 Å². The van der Waals surface area contributed by atoms with Crippen molar-refractivity contribution in [2.45, 2.75) is 45.1 Å². The number of nitrogens with one attached hydrogen (secondary N) is 1. The van der Waals surface area contributed by atoms with E-state index in [2.05, 4.69) is 40.0 Å². The molecule has 1 aliphatic rings. The predicted octanol–water partition coefficient (Wildman–Crippen LogP) is 2.86. The standard InChI is InChI=1S/C21H29N3O2/c1-16(9-18-5-3-4-6-19(18)14-26-2)12-23-20-10-17(11-21(20)25)13-24-8-7-22-15-24/h3-9,15,17,20-21,23,25H,10-14H2,1-2H3/t17?,20-,21-/m1/s1. The maximum atomic E-state index is 10.4. The Kier molecular flexibility index (Phi) is 6.61. The summed E-state index contributed by atoms with van der Waals surface area (Å²) in [5.41, 5.74) is 3.63. The van der Waals surface area contributed by atoms with E-state index in [1.165, 1.54) is 16.7 Å². The van der Waals surface area contributed by atoms with Crippen LogP contribution in [0.15, 0.2) is 48.6 Å². The molecule has 1 fully saturated rings. The molecule has 140 valence electrons. The number of methoxy groups -OCH3 is 1. The quantitative estimate of drug-likeness (QED) is 0.764. The van der Waals surface area contributed by atoms with Gasteiger partial charge in [-0.05, 0) is 36.8 Å². The fourth-order valence-electron chi connectivity index (χ4n) is 3.75. The third kappa shape index (κ3) is 5.04. The molecule has 1 heterocycles. The zero-order valence-corrected chi connectivity index (χ0v) is 15.6. The van der Waals surface area contributed by atoms with E-state index in [9.17, 15) is 5.11 Å². The van der Waals surface area contributed by atoms with E-state index in [1.54, 1.807) is 13.3 Å². The molecule has 2 aromatic rings. The van der Waals surface area contributed by atoms with Crippen molar-refractivity contribution in [3.63, 3.8) is 0 Å². The smallest absolute Gasteiger partial charge is 0.0945 e. The Morgan fingerprint density at radius 3 is 3.00 bits per heavy atom. The molecule has 5 heteroatoms. The largest absolute Gasteiger partial charge is 0.391 e. The Balaban J connectivity index is 1.53. The van der Waals surface area contributed by atoms with Gasteiger partial charge in [-0.3, -0.25) is 0 Å². The lowest BCUT2D eigenvalue weighted by Crippen LogP contribution is -2.36. The summed E-state index contributed by atoms with van der Waals surface area (Å²) < 4.78 is 7.37. The number of hydrogen-bond acceptors (Lipinski definition) is 4. The minimum absolute atomic E-state index is 0.154. The first-order valence-corrected chi connectivity index (χ1v) is 9.27. The molecular weight excluding hydrogens is 326 g/mol. The van der Waals surface area contributed by atoms with Crippen LogP contribution in [-0.2, 0) is 17.9 Å². The molecule has 0 bridgehead atoms. The SMILES string of the molecule is COCc1ccccc1C=C(C)CN[C@@H]1CC(Cn2ccnc2)C[C@H]1O. The molecule has 5 nitrogen and oxygen atoms in total. The van der Waals surface area contributed by atoms with Gasteiger partial charge in [0.05, 0.1) is 19.0 Å². The molecule has 1 aliphatic carbocycles. The molecule has 0 amide bonds. The third-order valence-electron chi connectivity index (χ3n) is 5.05. The van der Waals surface area contributed by atoms with Crippen LogP contribution in [0.25, 0.3) is 6.08 Å². The van der Waals surface area contributed by atoms with E-state index in [-0.39, 0.29) is 12.1 Å². The van der Waals surface area contributed by atoms with Crippen molar-refractivity contribution in [1.82, 2.24) is 14.9 Å². The van der Waals surface area contributed by atoms with Gasteiger partial charge < -0.3 is 19.7 Å². The summed E-state index contributed by atoms with van der Waals surface area (Å²) in [6, 6.07) is 8.45. The topological polar surface area (TPSA) is 59.3 Å². The van der Waals surface area contributed by atoms with Gasteiger partial charge in [0.15, 0.2) is 0 Å². The average molecular weight is 355 g/mol. The van der Waals surface area contributed by atoms with Crippen molar-refractivity contribution in [3.8, 4) is 0 Å². The van der Waals surface area contributed by atoms with Crippen LogP contribution in [0.2, 0.25) is 0 Å². The summed E-state index contributed by atoms with van der Waals surface area (Å²) in [5.74, 6) is 0.489. The Bertz CT molecular complexity index is 712. The van der Waals surface area contributed by atoms with Crippen molar-refractivity contribution in [1.29, 1.82) is 0 Å². The minimum Gasteiger partial charge on any atom is -0.391 e. The first-order chi connectivity index (χ1) is 12.7. The number of aliphatic hydroxyl groups is 1. The van der Waals surface area contributed by atoms with Crippen LogP contribution in [0, 0.1) is 5.92 Å². The Morgan fingerprint density at radius 1 is 1.38 bits per heavy atom. The number of imidazole rings is 1. The van der Waals surface area contributed by atoms with Crippen molar-refractivity contribution < 1.29 is 9.84 Å². The van der Waals surface area contributed by atoms with Crippen LogP contribution < -0.4 is 5.32 Å². The molecule has 3 rings (SSSR count). The van der Waals surface area contributed by atoms with Crippen molar-refractivity contribution >= 4 is 6.08 Å². The number of nitrogens with zero attached hydrogens (tertiary/aromatic N) is 2. The molecule has 0 spiro atoms. The van der Waals surface area contributed by atoms with Crippen LogP contribution in [0.5, 0.6) is 0 Å². The van der Waals surface area contributed by atoms with Gasteiger partial charge in [0.1, 0.15) is 0 Å². The Morgan fingerprint density at radius 2 is 2.23 bits per heavy atom. The highest BCUT2D eigenvalue weighted by atomic mass is 16.5. The number of ether oxygens (including phenoxy) is 1. The normalized spacial score (nSPS) is 23.5. The second-order valence-corrected chi connectivity index (χ2v) is 7.27. The summed E-state index contributed by atoms with van der Waals surface area (Å²) in [6.07, 6.45) is 9.39. The van der Waals surface area contributed by atoms with Gasteiger partial charge in [-0.15, -0.1) is 0 Å². The fourth-order valence-corrected chi connectivity index (χ4v) is 3.75. The van der Waals surface area contributed by atoms with E-state index in [0.717, 1.165) is 25.9 Å². The highest BCUT2D eigenvalue weighted by Crippen LogP contribution is 2.27. The van der Waals surface area contributed by atoms with E-state index < -0.39 is 0 Å².